The topological polar surface area (TPSA) is 87.2 Å². The Kier molecular flexibility index (Phi) is 7.47. The van der Waals surface area contributed by atoms with Gasteiger partial charge < -0.3 is 15.5 Å². The van der Waals surface area contributed by atoms with E-state index < -0.39 is 0 Å². The van der Waals surface area contributed by atoms with Crippen molar-refractivity contribution in [1.82, 2.24) is 20.2 Å². The van der Waals surface area contributed by atoms with Gasteiger partial charge in [0, 0.05) is 40.3 Å². The number of nitrogens with one attached hydrogen (secondary N) is 2. The summed E-state index contributed by atoms with van der Waals surface area (Å²) in [6.07, 6.45) is 6.71. The third-order valence-electron chi connectivity index (χ3n) is 5.70. The summed E-state index contributed by atoms with van der Waals surface area (Å²) < 4.78 is 0. The van der Waals surface area contributed by atoms with Gasteiger partial charge >= 0.3 is 0 Å². The van der Waals surface area contributed by atoms with Gasteiger partial charge in [-0.25, -0.2) is 9.97 Å². The third-order valence-corrected chi connectivity index (χ3v) is 6.07. The highest BCUT2D eigenvalue weighted by Crippen LogP contribution is 2.28. The van der Waals surface area contributed by atoms with Crippen molar-refractivity contribution < 1.29 is 9.59 Å². The maximum atomic E-state index is 12.8. The number of alkyl halides is 1. The molecule has 0 unspecified atom stereocenters. The fraction of sp³-hybridized carbons (Fsp3) is 0.280. The van der Waals surface area contributed by atoms with Gasteiger partial charge in [-0.05, 0) is 56.6 Å². The molecule has 0 spiro atoms. The second-order valence-electron chi connectivity index (χ2n) is 8.10. The number of fused-ring (bicyclic) bond motifs is 1. The van der Waals surface area contributed by atoms with E-state index in [2.05, 4.69) is 48.5 Å². The quantitative estimate of drug-likeness (QED) is 0.388. The van der Waals surface area contributed by atoms with Crippen LogP contribution in [0.1, 0.15) is 23.3 Å². The van der Waals surface area contributed by atoms with Crippen LogP contribution in [0.4, 0.5) is 5.69 Å². The molecule has 3 aromatic rings. The summed E-state index contributed by atoms with van der Waals surface area (Å²) in [6, 6.07) is 13.4. The lowest BCUT2D eigenvalue weighted by Gasteiger charge is -2.29. The van der Waals surface area contributed by atoms with Gasteiger partial charge in [-0.2, -0.15) is 0 Å². The number of piperidine rings is 1. The van der Waals surface area contributed by atoms with Crippen LogP contribution in [-0.2, 0) is 4.79 Å². The highest BCUT2D eigenvalue weighted by molar-refractivity contribution is 9.09. The number of benzene rings is 2. The molecule has 0 aliphatic carbocycles. The van der Waals surface area contributed by atoms with E-state index in [1.807, 2.05) is 36.4 Å². The standard InChI is InChI=1S/C25H26BrN5O2/c1-31-14-10-19(11-15-31)28-25(33)22-9-13-27-24(30-22)18-8-7-17-4-2-5-21(20(17)16-18)29-23(32)6-3-12-26/h2-9,13,16,19H,10-12,14-15H2,1H3,(H,28,33)(H,29,32)/b6-3+. The van der Waals surface area contributed by atoms with Crippen molar-refractivity contribution in [3.05, 3.63) is 66.5 Å². The van der Waals surface area contributed by atoms with Crippen LogP contribution in [-0.4, -0.2) is 58.2 Å². The van der Waals surface area contributed by atoms with Gasteiger partial charge in [0.15, 0.2) is 5.82 Å². The molecule has 1 fully saturated rings. The number of aromatic nitrogens is 2. The molecule has 2 heterocycles. The molecule has 0 saturated carbocycles. The average Bonchev–Trinajstić information content (AvgIpc) is 2.84. The highest BCUT2D eigenvalue weighted by atomic mass is 79.9. The van der Waals surface area contributed by atoms with Crippen molar-refractivity contribution >= 4 is 44.2 Å². The first-order chi connectivity index (χ1) is 16.0. The first kappa shape index (κ1) is 23.1. The third kappa shape index (κ3) is 5.83. The maximum Gasteiger partial charge on any atom is 0.270 e. The molecule has 1 aromatic heterocycles. The molecule has 2 aromatic carbocycles. The summed E-state index contributed by atoms with van der Waals surface area (Å²) in [7, 11) is 2.09. The van der Waals surface area contributed by atoms with E-state index in [1.54, 1.807) is 18.3 Å². The molecule has 33 heavy (non-hydrogen) atoms. The van der Waals surface area contributed by atoms with Crippen molar-refractivity contribution in [2.45, 2.75) is 18.9 Å². The Morgan fingerprint density at radius 1 is 1.18 bits per heavy atom. The van der Waals surface area contributed by atoms with Gasteiger partial charge in [0.05, 0.1) is 0 Å². The highest BCUT2D eigenvalue weighted by Gasteiger charge is 2.20. The van der Waals surface area contributed by atoms with E-state index in [4.69, 9.17) is 0 Å². The van der Waals surface area contributed by atoms with E-state index in [9.17, 15) is 9.59 Å². The normalized spacial score (nSPS) is 15.1. The van der Waals surface area contributed by atoms with Crippen LogP contribution in [0.2, 0.25) is 0 Å². The SMILES string of the molecule is CN1CCC(NC(=O)c2ccnc(-c3ccc4cccc(NC(=O)/C=C/CBr)c4c3)n2)CC1. The molecule has 2 N–H and O–H groups in total. The number of halogens is 1. The molecule has 2 amide bonds. The molecule has 8 heteroatoms. The number of hydrogen-bond donors (Lipinski definition) is 2. The van der Waals surface area contributed by atoms with Crippen molar-refractivity contribution in [3.63, 3.8) is 0 Å². The van der Waals surface area contributed by atoms with E-state index in [0.29, 0.717) is 22.5 Å². The molecule has 1 aliphatic rings. The van der Waals surface area contributed by atoms with E-state index in [-0.39, 0.29) is 17.9 Å². The Morgan fingerprint density at radius 2 is 2.00 bits per heavy atom. The van der Waals surface area contributed by atoms with Crippen molar-refractivity contribution in [3.8, 4) is 11.4 Å². The fourth-order valence-electron chi connectivity index (χ4n) is 3.88. The minimum Gasteiger partial charge on any atom is -0.348 e. The lowest BCUT2D eigenvalue weighted by atomic mass is 10.0. The summed E-state index contributed by atoms with van der Waals surface area (Å²) >= 11 is 3.27. The molecule has 4 rings (SSSR count). The lowest BCUT2D eigenvalue weighted by molar-refractivity contribution is -0.111. The van der Waals surface area contributed by atoms with Gasteiger partial charge in [-0.1, -0.05) is 46.3 Å². The van der Waals surface area contributed by atoms with E-state index in [1.165, 1.54) is 6.08 Å². The largest absolute Gasteiger partial charge is 0.348 e. The molecular weight excluding hydrogens is 482 g/mol. The zero-order valence-electron chi connectivity index (χ0n) is 18.4. The molecule has 1 aliphatic heterocycles. The molecule has 0 bridgehead atoms. The molecule has 170 valence electrons. The summed E-state index contributed by atoms with van der Waals surface area (Å²) in [5.74, 6) is 0.0879. The smallest absolute Gasteiger partial charge is 0.270 e. The Balaban J connectivity index is 1.57. The van der Waals surface area contributed by atoms with Gasteiger partial charge in [0.2, 0.25) is 5.91 Å². The number of carbonyl (C=O) groups excluding carboxylic acids is 2. The van der Waals surface area contributed by atoms with Gasteiger partial charge in [0.1, 0.15) is 5.69 Å². The number of anilines is 1. The van der Waals surface area contributed by atoms with E-state index >= 15 is 0 Å². The van der Waals surface area contributed by atoms with Crippen LogP contribution in [0.15, 0.2) is 60.8 Å². The van der Waals surface area contributed by atoms with E-state index in [0.717, 1.165) is 42.3 Å². The van der Waals surface area contributed by atoms with Crippen molar-refractivity contribution in [1.29, 1.82) is 0 Å². The second-order valence-corrected chi connectivity index (χ2v) is 8.75. The molecule has 7 nitrogen and oxygen atoms in total. The van der Waals surface area contributed by atoms with Crippen molar-refractivity contribution in [2.75, 3.05) is 30.8 Å². The Labute approximate surface area is 201 Å². The Bertz CT molecular complexity index is 1190. The van der Waals surface area contributed by atoms with Crippen LogP contribution in [0.3, 0.4) is 0 Å². The summed E-state index contributed by atoms with van der Waals surface area (Å²) in [5.41, 5.74) is 1.82. The maximum absolute atomic E-state index is 12.8. The van der Waals surface area contributed by atoms with Crippen LogP contribution in [0.25, 0.3) is 22.2 Å². The fourth-order valence-corrected chi connectivity index (χ4v) is 4.07. The first-order valence-electron chi connectivity index (χ1n) is 10.9. The summed E-state index contributed by atoms with van der Waals surface area (Å²) in [4.78, 5) is 36.1. The molecule has 1 saturated heterocycles. The Hall–Kier alpha value is -3.10. The van der Waals surface area contributed by atoms with Crippen LogP contribution in [0, 0.1) is 0 Å². The van der Waals surface area contributed by atoms with Crippen LogP contribution >= 0.6 is 15.9 Å². The number of carbonyl (C=O) groups is 2. The number of likely N-dealkylation sites (tertiary alicyclic amines) is 1. The zero-order chi connectivity index (χ0) is 23.2. The minimum absolute atomic E-state index is 0.164. The lowest BCUT2D eigenvalue weighted by Crippen LogP contribution is -2.43. The number of rotatable bonds is 6. The minimum atomic E-state index is -0.198. The zero-order valence-corrected chi connectivity index (χ0v) is 20.0. The predicted octanol–water partition coefficient (Wildman–Crippen LogP) is 4.01. The number of hydrogen-bond acceptors (Lipinski definition) is 5. The van der Waals surface area contributed by atoms with Crippen LogP contribution in [0.5, 0.6) is 0 Å². The molecule has 0 atom stereocenters. The molecule has 0 radical (unpaired) electrons. The Morgan fingerprint density at radius 3 is 2.79 bits per heavy atom. The average molecular weight is 508 g/mol. The predicted molar refractivity (Wildman–Crippen MR) is 135 cm³/mol. The number of amides is 2. The first-order valence-corrected chi connectivity index (χ1v) is 12.0. The summed E-state index contributed by atoms with van der Waals surface area (Å²) in [6.45, 7) is 1.95. The van der Waals surface area contributed by atoms with Crippen molar-refractivity contribution in [2.24, 2.45) is 0 Å². The number of nitrogens with zero attached hydrogens (tertiary/aromatic N) is 3. The molecular formula is C25H26BrN5O2. The van der Waals surface area contributed by atoms with Gasteiger partial charge in [-0.3, -0.25) is 9.59 Å². The van der Waals surface area contributed by atoms with Gasteiger partial charge in [0.25, 0.3) is 5.91 Å². The monoisotopic (exact) mass is 507 g/mol. The van der Waals surface area contributed by atoms with Crippen LogP contribution < -0.4 is 10.6 Å². The van der Waals surface area contributed by atoms with Gasteiger partial charge in [-0.15, -0.1) is 0 Å². The summed E-state index contributed by atoms with van der Waals surface area (Å²) in [5, 5.41) is 8.49. The number of allylic oxidation sites excluding steroid dienone is 1. The second kappa shape index (κ2) is 10.7.